The van der Waals surface area contributed by atoms with E-state index in [1.807, 2.05) is 24.3 Å². The number of nitrogens with zero attached hydrogens (tertiary/aromatic N) is 6. The maximum absolute atomic E-state index is 11.4. The van der Waals surface area contributed by atoms with Gasteiger partial charge in [0.15, 0.2) is 21.5 Å². The van der Waals surface area contributed by atoms with Crippen LogP contribution in [0.1, 0.15) is 10.4 Å². The maximum atomic E-state index is 11.4. The number of azo groups is 1. The second kappa shape index (κ2) is 9.65. The number of thioether (sulfide) groups is 1. The molecule has 5 aromatic rings. The number of benzene rings is 2. The van der Waals surface area contributed by atoms with Crippen molar-refractivity contribution >= 4 is 78.2 Å². The standard InChI is InChI=1S/C20H16N8O5S3/c29-18(30)11-4-3-5-12(10-11)21-16-15(17-22-13-6-1-2-7-14(13)28(17)27-16)23-24-19-25-26-20(35-19)34-8-9-36(31,32)33/h1-7,10,21,27H,8-9H2,(H,29,30)(H,31,32,33). The minimum atomic E-state index is -4.06. The summed E-state index contributed by atoms with van der Waals surface area (Å²) in [6, 6.07) is 13.8. The summed E-state index contributed by atoms with van der Waals surface area (Å²) in [5, 5.41) is 32.3. The van der Waals surface area contributed by atoms with Crippen LogP contribution in [0.2, 0.25) is 0 Å². The zero-order chi connectivity index (χ0) is 25.3. The molecule has 13 nitrogen and oxygen atoms in total. The van der Waals surface area contributed by atoms with Crippen molar-refractivity contribution in [3.05, 3.63) is 54.1 Å². The largest absolute Gasteiger partial charge is 0.478 e. The summed E-state index contributed by atoms with van der Waals surface area (Å²) in [6.07, 6.45) is 0. The van der Waals surface area contributed by atoms with Gasteiger partial charge in [-0.05, 0) is 30.3 Å². The fraction of sp³-hybridized carbons (Fsp3) is 0.100. The molecular formula is C20H16N8O5S3. The number of carbonyl (C=O) groups is 1. The van der Waals surface area contributed by atoms with Crippen molar-refractivity contribution in [1.29, 1.82) is 0 Å². The van der Waals surface area contributed by atoms with E-state index in [1.165, 1.54) is 12.1 Å². The Morgan fingerprint density at radius 1 is 1.17 bits per heavy atom. The number of aromatic carboxylic acids is 1. The molecule has 0 bridgehead atoms. The Hall–Kier alpha value is -3.86. The minimum Gasteiger partial charge on any atom is -0.478 e. The number of imidazole rings is 1. The second-order valence-electron chi connectivity index (χ2n) is 7.29. The molecule has 184 valence electrons. The fourth-order valence-electron chi connectivity index (χ4n) is 3.26. The number of aromatic nitrogens is 5. The number of nitrogens with one attached hydrogen (secondary N) is 2. The molecule has 5 rings (SSSR count). The summed E-state index contributed by atoms with van der Waals surface area (Å²) < 4.78 is 32.8. The Bertz CT molecular complexity index is 1720. The van der Waals surface area contributed by atoms with E-state index < -0.39 is 21.8 Å². The molecule has 0 aliphatic rings. The van der Waals surface area contributed by atoms with E-state index in [0.717, 1.165) is 34.1 Å². The molecule has 0 radical (unpaired) electrons. The number of hydrogen-bond acceptors (Lipinski definition) is 11. The van der Waals surface area contributed by atoms with Gasteiger partial charge < -0.3 is 10.4 Å². The first kappa shape index (κ1) is 23.9. The van der Waals surface area contributed by atoms with Crippen molar-refractivity contribution in [2.75, 3.05) is 16.8 Å². The number of H-pyrrole nitrogens is 1. The molecule has 36 heavy (non-hydrogen) atoms. The number of fused-ring (bicyclic) bond motifs is 3. The molecule has 3 heterocycles. The highest BCUT2D eigenvalue weighted by Crippen LogP contribution is 2.36. The molecule has 4 N–H and O–H groups in total. The minimum absolute atomic E-state index is 0.118. The highest BCUT2D eigenvalue weighted by atomic mass is 32.2. The van der Waals surface area contributed by atoms with Gasteiger partial charge in [-0.3, -0.25) is 9.65 Å². The third kappa shape index (κ3) is 5.20. The average molecular weight is 545 g/mol. The summed E-state index contributed by atoms with van der Waals surface area (Å²) in [5.74, 6) is -0.900. The summed E-state index contributed by atoms with van der Waals surface area (Å²) in [6.45, 7) is 0. The van der Waals surface area contributed by atoms with Crippen LogP contribution in [0.3, 0.4) is 0 Å². The Balaban J connectivity index is 1.47. The van der Waals surface area contributed by atoms with E-state index in [2.05, 4.69) is 35.8 Å². The number of para-hydroxylation sites is 2. The Morgan fingerprint density at radius 2 is 2.00 bits per heavy atom. The normalized spacial score (nSPS) is 12.1. The van der Waals surface area contributed by atoms with Crippen LogP contribution in [-0.2, 0) is 10.1 Å². The molecular weight excluding hydrogens is 528 g/mol. The lowest BCUT2D eigenvalue weighted by Gasteiger charge is -2.05. The van der Waals surface area contributed by atoms with Crippen molar-refractivity contribution in [1.82, 2.24) is 24.8 Å². The topological polar surface area (TPSA) is 187 Å². The van der Waals surface area contributed by atoms with Crippen LogP contribution in [0.25, 0.3) is 16.7 Å². The monoisotopic (exact) mass is 544 g/mol. The molecule has 0 aliphatic heterocycles. The molecule has 0 saturated heterocycles. The molecule has 0 saturated carbocycles. The quantitative estimate of drug-likeness (QED) is 0.117. The van der Waals surface area contributed by atoms with Crippen LogP contribution >= 0.6 is 23.1 Å². The van der Waals surface area contributed by atoms with Crippen LogP contribution in [0.4, 0.5) is 22.3 Å². The van der Waals surface area contributed by atoms with Crippen molar-refractivity contribution in [2.24, 2.45) is 10.2 Å². The van der Waals surface area contributed by atoms with Crippen molar-refractivity contribution in [2.45, 2.75) is 4.34 Å². The smallest absolute Gasteiger partial charge is 0.335 e. The summed E-state index contributed by atoms with van der Waals surface area (Å²) >= 11 is 2.24. The first-order chi connectivity index (χ1) is 17.3. The molecule has 2 aromatic carbocycles. The zero-order valence-corrected chi connectivity index (χ0v) is 20.5. The van der Waals surface area contributed by atoms with Gasteiger partial charge in [-0.15, -0.1) is 20.4 Å². The second-order valence-corrected chi connectivity index (χ2v) is 11.2. The van der Waals surface area contributed by atoms with E-state index in [9.17, 15) is 18.3 Å². The summed E-state index contributed by atoms with van der Waals surface area (Å²) in [5.41, 5.74) is 3.05. The van der Waals surface area contributed by atoms with E-state index >= 15 is 0 Å². The molecule has 0 atom stereocenters. The summed E-state index contributed by atoms with van der Waals surface area (Å²) in [4.78, 5) is 16.0. The van der Waals surface area contributed by atoms with Gasteiger partial charge in [-0.25, -0.2) is 14.3 Å². The number of carboxylic acid groups (broad SMARTS) is 1. The van der Waals surface area contributed by atoms with Gasteiger partial charge in [-0.2, -0.15) is 8.42 Å². The lowest BCUT2D eigenvalue weighted by Crippen LogP contribution is -2.05. The molecule has 3 aromatic heterocycles. The predicted molar refractivity (Wildman–Crippen MR) is 135 cm³/mol. The van der Waals surface area contributed by atoms with Crippen molar-refractivity contribution in [3.63, 3.8) is 0 Å². The van der Waals surface area contributed by atoms with Gasteiger partial charge >= 0.3 is 5.97 Å². The Morgan fingerprint density at radius 3 is 2.81 bits per heavy atom. The van der Waals surface area contributed by atoms with E-state index in [0.29, 0.717) is 27.2 Å². The molecule has 0 amide bonds. The van der Waals surface area contributed by atoms with E-state index in [-0.39, 0.29) is 16.4 Å². The van der Waals surface area contributed by atoms with Gasteiger partial charge in [0.25, 0.3) is 15.2 Å². The number of hydrogen-bond donors (Lipinski definition) is 4. The third-order valence-corrected chi connectivity index (χ3v) is 7.73. The Labute approximate surface area is 211 Å². The first-order valence-electron chi connectivity index (χ1n) is 10.2. The lowest BCUT2D eigenvalue weighted by atomic mass is 10.2. The third-order valence-electron chi connectivity index (χ3n) is 4.81. The number of anilines is 2. The van der Waals surface area contributed by atoms with Gasteiger partial charge in [-0.1, -0.05) is 41.3 Å². The van der Waals surface area contributed by atoms with Gasteiger partial charge in [0.2, 0.25) is 0 Å². The van der Waals surface area contributed by atoms with Crippen molar-refractivity contribution < 1.29 is 22.9 Å². The Kier molecular flexibility index (Phi) is 6.40. The predicted octanol–water partition coefficient (Wildman–Crippen LogP) is 4.50. The van der Waals surface area contributed by atoms with E-state index in [4.69, 9.17) is 4.55 Å². The SMILES string of the molecule is O=C(O)c1cccc(Nc2[nH]n3c(nc4ccccc43)c2N=Nc2nnc(SCCS(=O)(=O)O)s2)c1. The molecule has 0 unspecified atom stereocenters. The van der Waals surface area contributed by atoms with Crippen LogP contribution in [0, 0.1) is 0 Å². The first-order valence-corrected chi connectivity index (χ1v) is 13.6. The number of carboxylic acids is 1. The van der Waals surface area contributed by atoms with Gasteiger partial charge in [0.1, 0.15) is 0 Å². The van der Waals surface area contributed by atoms with Gasteiger partial charge in [0, 0.05) is 11.4 Å². The highest BCUT2D eigenvalue weighted by Gasteiger charge is 2.18. The van der Waals surface area contributed by atoms with Crippen molar-refractivity contribution in [3.8, 4) is 0 Å². The van der Waals surface area contributed by atoms with Crippen LogP contribution in [-0.4, -0.2) is 60.3 Å². The summed E-state index contributed by atoms with van der Waals surface area (Å²) in [7, 11) is -4.06. The van der Waals surface area contributed by atoms with Crippen LogP contribution < -0.4 is 5.32 Å². The maximum Gasteiger partial charge on any atom is 0.335 e. The van der Waals surface area contributed by atoms with Crippen LogP contribution in [0.5, 0.6) is 0 Å². The molecule has 16 heteroatoms. The lowest BCUT2D eigenvalue weighted by molar-refractivity contribution is 0.0697. The fourth-order valence-corrected chi connectivity index (χ4v) is 5.82. The van der Waals surface area contributed by atoms with E-state index in [1.54, 1.807) is 16.6 Å². The highest BCUT2D eigenvalue weighted by molar-refractivity contribution is 8.01. The van der Waals surface area contributed by atoms with Crippen LogP contribution in [0.15, 0.2) is 63.1 Å². The molecule has 0 fully saturated rings. The molecule has 0 aliphatic carbocycles. The zero-order valence-electron chi connectivity index (χ0n) is 18.1. The average Bonchev–Trinajstić information content (AvgIpc) is 3.51. The number of aromatic amines is 1. The molecule has 0 spiro atoms. The van der Waals surface area contributed by atoms with Gasteiger partial charge in [0.05, 0.1) is 22.3 Å². The number of rotatable bonds is 9.